The Morgan fingerprint density at radius 1 is 1.04 bits per heavy atom. The molecule has 2 aromatic carbocycles. The minimum absolute atomic E-state index is 0.0278. The van der Waals surface area contributed by atoms with E-state index < -0.39 is 30.9 Å². The van der Waals surface area contributed by atoms with Gasteiger partial charge in [0.2, 0.25) is 0 Å². The average molecular weight is 407 g/mol. The van der Waals surface area contributed by atoms with Gasteiger partial charge in [-0.2, -0.15) is 0 Å². The molecule has 0 aliphatic carbocycles. The third kappa shape index (κ3) is 5.50. The fourth-order valence-corrected chi connectivity index (χ4v) is 4.06. The normalized spacial score (nSPS) is 12.3. The van der Waals surface area contributed by atoms with Crippen molar-refractivity contribution in [2.24, 2.45) is 10.3 Å². The van der Waals surface area contributed by atoms with Gasteiger partial charge in [-0.1, -0.05) is 0 Å². The summed E-state index contributed by atoms with van der Waals surface area (Å²) in [6.45, 7) is 0. The first-order valence-corrected chi connectivity index (χ1v) is 11.1. The molecule has 0 atom stereocenters. The molecule has 0 saturated heterocycles. The Hall–Kier alpha value is -1.50. The zero-order valence-corrected chi connectivity index (χ0v) is 17.8. The molecule has 0 aliphatic heterocycles. The van der Waals surface area contributed by atoms with Crippen molar-refractivity contribution < 1.29 is 25.6 Å². The minimum atomic E-state index is -4.94. The van der Waals surface area contributed by atoms with Crippen LogP contribution in [-0.4, -0.2) is 68.4 Å². The van der Waals surface area contributed by atoms with Crippen LogP contribution in [0.2, 0.25) is 0 Å². The summed E-state index contributed by atoms with van der Waals surface area (Å²) in [5, 5.41) is 8.94. The van der Waals surface area contributed by atoms with E-state index in [1.165, 1.54) is 23.2 Å². The van der Waals surface area contributed by atoms with Gasteiger partial charge in [-0.15, -0.1) is 0 Å². The van der Waals surface area contributed by atoms with Crippen LogP contribution in [0.15, 0.2) is 62.6 Å². The van der Waals surface area contributed by atoms with E-state index in [9.17, 15) is 16.8 Å². The Labute approximate surface area is 169 Å². The monoisotopic (exact) mass is 407 g/mol. The van der Waals surface area contributed by atoms with Crippen molar-refractivity contribution in [3.8, 4) is 5.75 Å². The van der Waals surface area contributed by atoms with E-state index in [2.05, 4.69) is 14.5 Å². The number of rotatable bonds is 6. The quantitative estimate of drug-likeness (QED) is 0.328. The van der Waals surface area contributed by atoms with Gasteiger partial charge >= 0.3 is 156 Å². The van der Waals surface area contributed by atoms with Crippen LogP contribution in [0.1, 0.15) is 0 Å². The first kappa shape index (κ1) is 20.8. The van der Waals surface area contributed by atoms with Crippen LogP contribution in [0.5, 0.6) is 5.75 Å². The molecule has 0 amide bonds. The molecular formula is C14H14N3NaO6S2. The number of hydrogen-bond acceptors (Lipinski definition) is 7. The van der Waals surface area contributed by atoms with E-state index in [0.29, 0.717) is 0 Å². The Balaban J connectivity index is 2.61. The standard InChI is InChI=1S/C14H14N3O6S2.Na/c1-17(2)16-15-11-8-9-14(13(10-11)23-25(20,21)22)24(18,19)12-6-4-3-5-7-12;/h4-10H,1-2H3,(H,20,21,22);. The Bertz CT molecular complexity index is 1030. The third-order valence-corrected chi connectivity index (χ3v) is 5.95. The van der Waals surface area contributed by atoms with E-state index in [1.54, 1.807) is 26.2 Å². The summed E-state index contributed by atoms with van der Waals surface area (Å²) in [4.78, 5) is -0.444. The van der Waals surface area contributed by atoms with Crippen molar-refractivity contribution in [3.63, 3.8) is 0 Å². The van der Waals surface area contributed by atoms with E-state index >= 15 is 0 Å². The molecule has 0 radical (unpaired) electrons. The topological polar surface area (TPSA) is 126 Å². The maximum absolute atomic E-state index is 12.8. The molecule has 134 valence electrons. The van der Waals surface area contributed by atoms with Crippen LogP contribution in [0.4, 0.5) is 5.69 Å². The van der Waals surface area contributed by atoms with Gasteiger partial charge in [-0.3, -0.25) is 0 Å². The Morgan fingerprint density at radius 3 is 2.19 bits per heavy atom. The summed E-state index contributed by atoms with van der Waals surface area (Å²) in [7, 11) is -5.77. The van der Waals surface area contributed by atoms with E-state index in [0.717, 1.165) is 42.9 Å². The summed E-state index contributed by atoms with van der Waals surface area (Å²) in [6, 6.07) is 9.74. The van der Waals surface area contributed by atoms with Crippen molar-refractivity contribution in [1.29, 1.82) is 0 Å². The van der Waals surface area contributed by atoms with Gasteiger partial charge in [0.1, 0.15) is 0 Å². The second-order valence-electron chi connectivity index (χ2n) is 5.50. The first-order valence-electron chi connectivity index (χ1n) is 7.21. The molecule has 0 saturated carbocycles. The number of hydrogen-bond donors (Lipinski definition) is 1. The molecule has 2 rings (SSSR count). The van der Waals surface area contributed by atoms with Crippen molar-refractivity contribution in [2.45, 2.75) is 9.79 Å². The Kier molecular flexibility index (Phi) is 6.42. The van der Waals surface area contributed by atoms with Crippen molar-refractivity contribution >= 4 is 56.7 Å². The van der Waals surface area contributed by atoms with Crippen molar-refractivity contribution in [3.05, 3.63) is 42.5 Å². The SMILES string of the molecule is CN(C)N=Nc1ccc(S(=O)(=O)c2cc[c]([Na])cc2)c(OS(=O)(=O)O)c1. The fourth-order valence-electron chi connectivity index (χ4n) is 1.95. The van der Waals surface area contributed by atoms with Crippen molar-refractivity contribution in [1.82, 2.24) is 5.01 Å². The van der Waals surface area contributed by atoms with Gasteiger partial charge in [-0.05, 0) is 0 Å². The predicted molar refractivity (Wildman–Crippen MR) is 94.1 cm³/mol. The van der Waals surface area contributed by atoms with Crippen LogP contribution >= 0.6 is 0 Å². The van der Waals surface area contributed by atoms with Gasteiger partial charge in [0.25, 0.3) is 0 Å². The van der Waals surface area contributed by atoms with Crippen LogP contribution in [0.3, 0.4) is 0 Å². The fraction of sp³-hybridized carbons (Fsp3) is 0.143. The summed E-state index contributed by atoms with van der Waals surface area (Å²) < 4.78 is 62.3. The molecule has 0 aromatic heterocycles. The molecule has 1 N–H and O–H groups in total. The van der Waals surface area contributed by atoms with Gasteiger partial charge in [0.05, 0.1) is 0 Å². The molecule has 12 heteroatoms. The zero-order valence-electron chi connectivity index (χ0n) is 14.2. The Morgan fingerprint density at radius 2 is 1.65 bits per heavy atom. The number of sulfone groups is 1. The zero-order chi connectivity index (χ0) is 19.5. The first-order chi connectivity index (χ1) is 12.0. The average Bonchev–Trinajstić information content (AvgIpc) is 2.51. The molecule has 0 fully saturated rings. The number of benzene rings is 2. The van der Waals surface area contributed by atoms with Gasteiger partial charge in [-0.25, -0.2) is 0 Å². The van der Waals surface area contributed by atoms with E-state index in [1.807, 2.05) is 0 Å². The molecule has 9 nitrogen and oxygen atoms in total. The second kappa shape index (κ2) is 8.03. The molecular weight excluding hydrogens is 393 g/mol. The van der Waals surface area contributed by atoms with E-state index in [-0.39, 0.29) is 10.6 Å². The molecule has 0 spiro atoms. The van der Waals surface area contributed by atoms with Gasteiger partial charge in [0, 0.05) is 14.1 Å². The number of nitrogens with zero attached hydrogens (tertiary/aromatic N) is 3. The molecule has 26 heavy (non-hydrogen) atoms. The molecule has 0 unspecified atom stereocenters. The molecule has 0 bridgehead atoms. The summed E-state index contributed by atoms with van der Waals surface area (Å²) in [5.41, 5.74) is 0.145. The summed E-state index contributed by atoms with van der Waals surface area (Å²) in [6.07, 6.45) is 0. The molecule has 2 aromatic rings. The van der Waals surface area contributed by atoms with Crippen LogP contribution in [-0.2, 0) is 20.2 Å². The predicted octanol–water partition coefficient (Wildman–Crippen LogP) is 1.06. The molecule has 0 heterocycles. The van der Waals surface area contributed by atoms with Crippen molar-refractivity contribution in [2.75, 3.05) is 14.1 Å². The third-order valence-electron chi connectivity index (χ3n) is 3.08. The maximum atomic E-state index is 12.8. The van der Waals surface area contributed by atoms with E-state index in [4.69, 9.17) is 4.55 Å². The summed E-state index contributed by atoms with van der Waals surface area (Å²) >= 11 is 0.760. The second-order valence-corrected chi connectivity index (χ2v) is 9.59. The summed E-state index contributed by atoms with van der Waals surface area (Å²) in [5.74, 6) is -0.572. The molecule has 0 aliphatic rings. The van der Waals surface area contributed by atoms with Crippen LogP contribution in [0, 0.1) is 0 Å². The van der Waals surface area contributed by atoms with Crippen LogP contribution < -0.4 is 7.00 Å². The van der Waals surface area contributed by atoms with Gasteiger partial charge < -0.3 is 0 Å². The van der Waals surface area contributed by atoms with Gasteiger partial charge in [0.15, 0.2) is 0 Å². The van der Waals surface area contributed by atoms with Crippen LogP contribution in [0.25, 0.3) is 0 Å².